The number of halogens is 1. The summed E-state index contributed by atoms with van der Waals surface area (Å²) in [7, 11) is 7.02. The minimum absolute atomic E-state index is 0.211. The van der Waals surface area contributed by atoms with Crippen LogP contribution in [0.3, 0.4) is 0 Å². The molecule has 2 rings (SSSR count). The Morgan fingerprint density at radius 1 is 1.00 bits per heavy atom. The first-order chi connectivity index (χ1) is 13.5. The average Bonchev–Trinajstić information content (AvgIpc) is 2.71. The predicted molar refractivity (Wildman–Crippen MR) is 110 cm³/mol. The van der Waals surface area contributed by atoms with Crippen molar-refractivity contribution in [3.8, 4) is 11.5 Å². The molecular weight excluding hydrogens is 359 g/mol. The number of methoxy groups -OCH3 is 2. The topological polar surface area (TPSA) is 58.1 Å². The molecule has 0 unspecified atom stereocenters. The van der Waals surface area contributed by atoms with Crippen LogP contribution in [0.1, 0.15) is 11.1 Å². The van der Waals surface area contributed by atoms with Crippen molar-refractivity contribution >= 4 is 5.96 Å². The van der Waals surface area contributed by atoms with Crippen LogP contribution in [0.15, 0.2) is 47.5 Å². The molecular formula is C21H29FN4O2. The molecule has 0 saturated heterocycles. The third-order valence-corrected chi connectivity index (χ3v) is 4.28. The number of benzene rings is 2. The van der Waals surface area contributed by atoms with Crippen molar-refractivity contribution in [2.75, 3.05) is 41.4 Å². The van der Waals surface area contributed by atoms with Gasteiger partial charge in [0.05, 0.1) is 14.2 Å². The fourth-order valence-corrected chi connectivity index (χ4v) is 2.74. The van der Waals surface area contributed by atoms with Crippen molar-refractivity contribution < 1.29 is 13.9 Å². The lowest BCUT2D eigenvalue weighted by Gasteiger charge is -2.18. The molecule has 2 N–H and O–H groups in total. The van der Waals surface area contributed by atoms with Gasteiger partial charge in [-0.25, -0.2) is 4.39 Å². The highest BCUT2D eigenvalue weighted by molar-refractivity contribution is 5.79. The number of hydrogen-bond acceptors (Lipinski definition) is 4. The number of nitrogens with one attached hydrogen (secondary N) is 2. The molecule has 0 aromatic heterocycles. The molecule has 0 aliphatic heterocycles. The van der Waals surface area contributed by atoms with Gasteiger partial charge < -0.3 is 25.0 Å². The van der Waals surface area contributed by atoms with Crippen LogP contribution in [0.25, 0.3) is 0 Å². The molecule has 0 spiro atoms. The Balaban J connectivity index is 1.76. The summed E-state index contributed by atoms with van der Waals surface area (Å²) in [5.74, 6) is 1.92. The first kappa shape index (κ1) is 21.5. The van der Waals surface area contributed by atoms with E-state index in [1.807, 2.05) is 37.4 Å². The number of nitrogens with zero attached hydrogens (tertiary/aromatic N) is 2. The lowest BCUT2D eigenvalue weighted by molar-refractivity contribution is 0.331. The highest BCUT2D eigenvalue weighted by Gasteiger charge is 2.06. The fraction of sp³-hybridized carbons (Fsp3) is 0.381. The maximum Gasteiger partial charge on any atom is 0.191 e. The molecule has 0 aliphatic carbocycles. The highest BCUT2D eigenvalue weighted by atomic mass is 19.1. The predicted octanol–water partition coefficient (Wildman–Crippen LogP) is 2.64. The maximum absolute atomic E-state index is 13.0. The Morgan fingerprint density at radius 2 is 1.68 bits per heavy atom. The Morgan fingerprint density at radius 3 is 2.32 bits per heavy atom. The lowest BCUT2D eigenvalue weighted by atomic mass is 10.2. The molecule has 28 heavy (non-hydrogen) atoms. The molecule has 0 radical (unpaired) electrons. The van der Waals surface area contributed by atoms with Gasteiger partial charge in [0.1, 0.15) is 5.82 Å². The molecule has 7 heteroatoms. The van der Waals surface area contributed by atoms with E-state index in [0.717, 1.165) is 36.7 Å². The molecule has 0 heterocycles. The van der Waals surface area contributed by atoms with E-state index in [4.69, 9.17) is 9.47 Å². The standard InChI is InChI=1S/C21H29FN4O2/c1-23-21(25-14-17-7-10-19(27-3)20(13-17)28-4)24-11-12-26(2)15-16-5-8-18(22)9-6-16/h5-10,13H,11-12,14-15H2,1-4H3,(H2,23,24,25). The molecule has 0 atom stereocenters. The number of hydrogen-bond donors (Lipinski definition) is 2. The van der Waals surface area contributed by atoms with Gasteiger partial charge in [0.25, 0.3) is 0 Å². The summed E-state index contributed by atoms with van der Waals surface area (Å²) in [5, 5.41) is 6.58. The zero-order valence-corrected chi connectivity index (χ0v) is 17.0. The van der Waals surface area contributed by atoms with E-state index in [0.29, 0.717) is 18.0 Å². The zero-order chi connectivity index (χ0) is 20.4. The third-order valence-electron chi connectivity index (χ3n) is 4.28. The van der Waals surface area contributed by atoms with Gasteiger partial charge in [-0.3, -0.25) is 4.99 Å². The molecule has 152 valence electrons. The third kappa shape index (κ3) is 6.74. The van der Waals surface area contributed by atoms with Crippen LogP contribution in [-0.2, 0) is 13.1 Å². The summed E-state index contributed by atoms with van der Waals surface area (Å²) in [6.07, 6.45) is 0. The maximum atomic E-state index is 13.0. The van der Waals surface area contributed by atoms with Crippen molar-refractivity contribution in [3.05, 3.63) is 59.4 Å². The van der Waals surface area contributed by atoms with Crippen LogP contribution < -0.4 is 20.1 Å². The molecule has 0 saturated carbocycles. The molecule has 0 fully saturated rings. The van der Waals surface area contributed by atoms with Crippen LogP contribution >= 0.6 is 0 Å². The van der Waals surface area contributed by atoms with Gasteiger partial charge in [-0.2, -0.15) is 0 Å². The van der Waals surface area contributed by atoms with Crippen LogP contribution in [-0.4, -0.2) is 52.3 Å². The molecule has 6 nitrogen and oxygen atoms in total. The summed E-state index contributed by atoms with van der Waals surface area (Å²) in [5.41, 5.74) is 2.15. The monoisotopic (exact) mass is 388 g/mol. The van der Waals surface area contributed by atoms with Crippen molar-refractivity contribution in [2.24, 2.45) is 4.99 Å². The van der Waals surface area contributed by atoms with E-state index in [1.54, 1.807) is 21.3 Å². The minimum Gasteiger partial charge on any atom is -0.493 e. The number of likely N-dealkylation sites (N-methyl/N-ethyl adjacent to an activating group) is 1. The van der Waals surface area contributed by atoms with E-state index in [1.165, 1.54) is 12.1 Å². The van der Waals surface area contributed by atoms with E-state index in [2.05, 4.69) is 20.5 Å². The van der Waals surface area contributed by atoms with Gasteiger partial charge in [0.15, 0.2) is 17.5 Å². The molecule has 2 aromatic rings. The smallest absolute Gasteiger partial charge is 0.191 e. The summed E-state index contributed by atoms with van der Waals surface area (Å²) in [6.45, 7) is 2.95. The fourth-order valence-electron chi connectivity index (χ4n) is 2.74. The van der Waals surface area contributed by atoms with Crippen molar-refractivity contribution in [1.29, 1.82) is 0 Å². The normalized spacial score (nSPS) is 11.4. The molecule has 0 bridgehead atoms. The summed E-state index contributed by atoms with van der Waals surface area (Å²) >= 11 is 0. The highest BCUT2D eigenvalue weighted by Crippen LogP contribution is 2.27. The van der Waals surface area contributed by atoms with Gasteiger partial charge in [-0.15, -0.1) is 0 Å². The first-order valence-electron chi connectivity index (χ1n) is 9.14. The number of aliphatic imine (C=N–C) groups is 1. The Labute approximate surface area is 166 Å². The Hall–Kier alpha value is -2.80. The number of guanidine groups is 1. The van der Waals surface area contributed by atoms with Gasteiger partial charge in [0.2, 0.25) is 0 Å². The van der Waals surface area contributed by atoms with Gasteiger partial charge in [-0.05, 0) is 42.4 Å². The van der Waals surface area contributed by atoms with Gasteiger partial charge in [-0.1, -0.05) is 18.2 Å². The molecule has 0 aliphatic rings. The molecule has 0 amide bonds. The summed E-state index contributed by atoms with van der Waals surface area (Å²) in [4.78, 5) is 6.42. The summed E-state index contributed by atoms with van der Waals surface area (Å²) in [6, 6.07) is 12.4. The van der Waals surface area contributed by atoms with E-state index >= 15 is 0 Å². The Bertz CT molecular complexity index is 766. The van der Waals surface area contributed by atoms with Crippen LogP contribution in [0.5, 0.6) is 11.5 Å². The Kier molecular flexibility index (Phi) is 8.55. The summed E-state index contributed by atoms with van der Waals surface area (Å²) < 4.78 is 23.6. The number of ether oxygens (including phenoxy) is 2. The second-order valence-electron chi connectivity index (χ2n) is 6.41. The zero-order valence-electron chi connectivity index (χ0n) is 17.0. The second kappa shape index (κ2) is 11.1. The van der Waals surface area contributed by atoms with E-state index in [9.17, 15) is 4.39 Å². The lowest BCUT2D eigenvalue weighted by Crippen LogP contribution is -2.40. The van der Waals surface area contributed by atoms with Crippen LogP contribution in [0, 0.1) is 5.82 Å². The van der Waals surface area contributed by atoms with Crippen molar-refractivity contribution in [3.63, 3.8) is 0 Å². The van der Waals surface area contributed by atoms with Crippen molar-refractivity contribution in [2.45, 2.75) is 13.1 Å². The van der Waals surface area contributed by atoms with Gasteiger partial charge >= 0.3 is 0 Å². The van der Waals surface area contributed by atoms with Crippen LogP contribution in [0.2, 0.25) is 0 Å². The van der Waals surface area contributed by atoms with Gasteiger partial charge in [0, 0.05) is 33.2 Å². The average molecular weight is 388 g/mol. The quantitative estimate of drug-likeness (QED) is 0.511. The van der Waals surface area contributed by atoms with E-state index in [-0.39, 0.29) is 5.82 Å². The first-order valence-corrected chi connectivity index (χ1v) is 9.14. The van der Waals surface area contributed by atoms with Crippen molar-refractivity contribution in [1.82, 2.24) is 15.5 Å². The largest absolute Gasteiger partial charge is 0.493 e. The minimum atomic E-state index is -0.211. The van der Waals surface area contributed by atoms with Crippen LogP contribution in [0.4, 0.5) is 4.39 Å². The number of rotatable bonds is 9. The second-order valence-corrected chi connectivity index (χ2v) is 6.41. The van der Waals surface area contributed by atoms with E-state index < -0.39 is 0 Å². The SMILES string of the molecule is CN=C(NCCN(C)Cc1ccc(F)cc1)NCc1ccc(OC)c(OC)c1. The molecule has 2 aromatic carbocycles.